The largest absolute Gasteiger partial charge is 0.534 e. The molecule has 0 radical (unpaired) electrons. The molecule has 0 saturated carbocycles. The number of rotatable bonds is 2. The minimum atomic E-state index is -5.90. The smallest absolute Gasteiger partial charge is 0.443 e. The van der Waals surface area contributed by atoms with E-state index in [-0.39, 0.29) is 19.8 Å². The van der Waals surface area contributed by atoms with Crippen molar-refractivity contribution in [2.45, 2.75) is 31.9 Å². The Morgan fingerprint density at radius 1 is 1.32 bits per heavy atom. The van der Waals surface area contributed by atoms with Gasteiger partial charge in [-0.1, -0.05) is 0 Å². The molecule has 1 rings (SSSR count). The lowest BCUT2D eigenvalue weighted by molar-refractivity contribution is -0.0541. The van der Waals surface area contributed by atoms with Gasteiger partial charge >= 0.3 is 21.7 Å². The first-order chi connectivity index (χ1) is 9.83. The average Bonchev–Trinajstić information content (AvgIpc) is 2.50. The van der Waals surface area contributed by atoms with Crippen LogP contribution < -0.4 is 0 Å². The number of carbonyl (C=O) groups is 1. The lowest BCUT2D eigenvalue weighted by atomic mass is 10.2. The van der Waals surface area contributed by atoms with Crippen molar-refractivity contribution in [2.24, 2.45) is 0 Å². The Kier molecular flexibility index (Phi) is 5.34. The molecule has 0 spiro atoms. The van der Waals surface area contributed by atoms with Gasteiger partial charge in [-0.05, 0) is 20.8 Å². The maximum Gasteiger partial charge on any atom is 0.534 e. The Morgan fingerprint density at radius 2 is 1.91 bits per heavy atom. The van der Waals surface area contributed by atoms with E-state index in [1.54, 1.807) is 20.8 Å². The Hall–Kier alpha value is -1.49. The highest BCUT2D eigenvalue weighted by Crippen LogP contribution is 2.28. The zero-order valence-corrected chi connectivity index (χ0v) is 13.0. The summed E-state index contributed by atoms with van der Waals surface area (Å²) < 4.78 is 73.3. The van der Waals surface area contributed by atoms with Gasteiger partial charge in [0.05, 0.1) is 19.8 Å². The summed E-state index contributed by atoms with van der Waals surface area (Å²) in [5, 5.41) is 0. The van der Waals surface area contributed by atoms with Gasteiger partial charge in [0.2, 0.25) is 5.88 Å². The summed E-state index contributed by atoms with van der Waals surface area (Å²) in [4.78, 5) is 12.6. The number of hydrogen-bond acceptors (Lipinski definition) is 6. The quantitative estimate of drug-likeness (QED) is 0.561. The molecule has 11 heteroatoms. The minimum absolute atomic E-state index is 0.0192. The molecule has 1 amide bonds. The zero-order valence-electron chi connectivity index (χ0n) is 12.1. The summed E-state index contributed by atoms with van der Waals surface area (Å²) in [6, 6.07) is 0. The second-order valence-electron chi connectivity index (χ2n) is 5.23. The standard InChI is InChI=1S/C11H16F3NO6S/c1-10(2,3)20-9(16)15-5-7-19-6-4-8(15)21-22(17,18)11(12,13)14/h4H,5-7H2,1-3H3. The summed E-state index contributed by atoms with van der Waals surface area (Å²) in [6.07, 6.45) is -0.123. The third kappa shape index (κ3) is 5.05. The maximum absolute atomic E-state index is 12.4. The van der Waals surface area contributed by atoms with E-state index < -0.39 is 33.2 Å². The van der Waals surface area contributed by atoms with E-state index >= 15 is 0 Å². The van der Waals surface area contributed by atoms with E-state index in [4.69, 9.17) is 9.47 Å². The fourth-order valence-electron chi connectivity index (χ4n) is 1.33. The van der Waals surface area contributed by atoms with Gasteiger partial charge in [-0.15, -0.1) is 0 Å². The summed E-state index contributed by atoms with van der Waals surface area (Å²) in [7, 11) is -5.90. The van der Waals surface area contributed by atoms with Crippen LogP contribution in [0, 0.1) is 0 Å². The average molecular weight is 347 g/mol. The van der Waals surface area contributed by atoms with Crippen LogP contribution in [0.15, 0.2) is 12.0 Å². The third-order valence-electron chi connectivity index (χ3n) is 2.19. The van der Waals surface area contributed by atoms with Gasteiger partial charge < -0.3 is 13.7 Å². The lowest BCUT2D eigenvalue weighted by Gasteiger charge is -2.27. The number of alkyl halides is 3. The molecule has 1 aliphatic heterocycles. The minimum Gasteiger partial charge on any atom is -0.443 e. The Morgan fingerprint density at radius 3 is 2.41 bits per heavy atom. The second kappa shape index (κ2) is 6.32. The molecule has 0 aromatic heterocycles. The molecule has 0 aliphatic carbocycles. The van der Waals surface area contributed by atoms with Crippen LogP contribution in [0.4, 0.5) is 18.0 Å². The maximum atomic E-state index is 12.4. The first-order valence-electron chi connectivity index (χ1n) is 6.13. The van der Waals surface area contributed by atoms with Crippen molar-refractivity contribution in [1.82, 2.24) is 4.90 Å². The molecule has 1 heterocycles. The first-order valence-corrected chi connectivity index (χ1v) is 7.53. The molecular formula is C11H16F3NO6S. The highest BCUT2D eigenvalue weighted by Gasteiger charge is 2.49. The molecular weight excluding hydrogens is 331 g/mol. The van der Waals surface area contributed by atoms with Gasteiger partial charge in [-0.25, -0.2) is 9.69 Å². The number of nitrogens with zero attached hydrogens (tertiary/aromatic N) is 1. The number of halogens is 3. The first kappa shape index (κ1) is 18.6. The number of amides is 1. The number of ether oxygens (including phenoxy) is 2. The van der Waals surface area contributed by atoms with Crippen molar-refractivity contribution in [3.63, 3.8) is 0 Å². The van der Waals surface area contributed by atoms with Crippen LogP contribution in [0.25, 0.3) is 0 Å². The van der Waals surface area contributed by atoms with Gasteiger partial charge in [0.1, 0.15) is 5.60 Å². The van der Waals surface area contributed by atoms with E-state index in [1.807, 2.05) is 0 Å². The molecule has 0 fully saturated rings. The Bertz CT molecular complexity index is 549. The van der Waals surface area contributed by atoms with Crippen LogP contribution in [-0.2, 0) is 23.8 Å². The zero-order chi connectivity index (χ0) is 17.2. The summed E-state index contributed by atoms with van der Waals surface area (Å²) in [5.41, 5.74) is -6.53. The van der Waals surface area contributed by atoms with Crippen molar-refractivity contribution in [3.8, 4) is 0 Å². The normalized spacial score (nSPS) is 17.5. The van der Waals surface area contributed by atoms with Crippen LogP contribution in [0.5, 0.6) is 0 Å². The Labute approximate surface area is 125 Å². The number of carbonyl (C=O) groups excluding carboxylic acids is 1. The van der Waals surface area contributed by atoms with Crippen LogP contribution in [0.2, 0.25) is 0 Å². The van der Waals surface area contributed by atoms with E-state index in [9.17, 15) is 26.4 Å². The van der Waals surface area contributed by atoms with Crippen molar-refractivity contribution >= 4 is 16.2 Å². The predicted octanol–water partition coefficient (Wildman–Crippen LogP) is 1.96. The topological polar surface area (TPSA) is 82.1 Å². The Balaban J connectivity index is 3.02. The van der Waals surface area contributed by atoms with E-state index in [1.165, 1.54) is 0 Å². The van der Waals surface area contributed by atoms with E-state index in [0.717, 1.165) is 6.08 Å². The molecule has 0 atom stereocenters. The molecule has 7 nitrogen and oxygen atoms in total. The van der Waals surface area contributed by atoms with E-state index in [0.29, 0.717) is 4.90 Å². The molecule has 0 aromatic rings. The molecule has 0 N–H and O–H groups in total. The highest BCUT2D eigenvalue weighted by atomic mass is 32.2. The molecule has 0 saturated heterocycles. The van der Waals surface area contributed by atoms with Crippen LogP contribution >= 0.6 is 0 Å². The van der Waals surface area contributed by atoms with Crippen molar-refractivity contribution < 1.29 is 40.0 Å². The molecule has 1 aliphatic rings. The summed E-state index contributed by atoms with van der Waals surface area (Å²) in [5.74, 6) is -0.802. The third-order valence-corrected chi connectivity index (χ3v) is 3.15. The van der Waals surface area contributed by atoms with Crippen molar-refractivity contribution in [1.29, 1.82) is 0 Å². The monoisotopic (exact) mass is 347 g/mol. The summed E-state index contributed by atoms with van der Waals surface area (Å²) in [6.45, 7) is 4.21. The SMILES string of the molecule is CC(C)(C)OC(=O)N1CCOCC=C1OS(=O)(=O)C(F)(F)F. The fraction of sp³-hybridized carbons (Fsp3) is 0.727. The van der Waals surface area contributed by atoms with Gasteiger partial charge in [-0.2, -0.15) is 21.6 Å². The van der Waals surface area contributed by atoms with Crippen LogP contribution in [0.1, 0.15) is 20.8 Å². The highest BCUT2D eigenvalue weighted by molar-refractivity contribution is 7.87. The van der Waals surface area contributed by atoms with Gasteiger partial charge in [0.25, 0.3) is 0 Å². The van der Waals surface area contributed by atoms with Gasteiger partial charge in [0, 0.05) is 6.08 Å². The molecule has 0 unspecified atom stereocenters. The summed E-state index contributed by atoms with van der Waals surface area (Å²) >= 11 is 0. The number of hydrogen-bond donors (Lipinski definition) is 0. The van der Waals surface area contributed by atoms with Crippen molar-refractivity contribution in [3.05, 3.63) is 12.0 Å². The molecule has 22 heavy (non-hydrogen) atoms. The fourth-order valence-corrected chi connectivity index (χ4v) is 1.80. The molecule has 0 bridgehead atoms. The second-order valence-corrected chi connectivity index (χ2v) is 6.77. The molecule has 128 valence electrons. The van der Waals surface area contributed by atoms with Crippen LogP contribution in [-0.4, -0.2) is 50.3 Å². The lowest BCUT2D eigenvalue weighted by Crippen LogP contribution is -2.39. The molecule has 0 aromatic carbocycles. The van der Waals surface area contributed by atoms with E-state index in [2.05, 4.69) is 4.18 Å². The van der Waals surface area contributed by atoms with Gasteiger partial charge in [-0.3, -0.25) is 0 Å². The van der Waals surface area contributed by atoms with Gasteiger partial charge in [0.15, 0.2) is 0 Å². The van der Waals surface area contributed by atoms with Crippen LogP contribution in [0.3, 0.4) is 0 Å². The predicted molar refractivity (Wildman–Crippen MR) is 67.9 cm³/mol. The van der Waals surface area contributed by atoms with Crippen molar-refractivity contribution in [2.75, 3.05) is 19.8 Å².